The number of nitrogens with zero attached hydrogens (tertiary/aromatic N) is 2. The van der Waals surface area contributed by atoms with Crippen LogP contribution >= 0.6 is 15.9 Å². The van der Waals surface area contributed by atoms with Crippen molar-refractivity contribution in [1.29, 1.82) is 0 Å². The Balaban J connectivity index is 2.09. The molecule has 0 aliphatic heterocycles. The van der Waals surface area contributed by atoms with Gasteiger partial charge in [-0.05, 0) is 56.7 Å². The molecule has 0 aliphatic rings. The topological polar surface area (TPSA) is 66.9 Å². The number of carbonyl (C=O) groups excluding carboxylic acids is 1. The van der Waals surface area contributed by atoms with E-state index in [9.17, 15) is 4.79 Å². The van der Waals surface area contributed by atoms with E-state index in [1.165, 1.54) is 0 Å². The fraction of sp³-hybridized carbons (Fsp3) is 0.267. The normalized spacial score (nSPS) is 10.5. The summed E-state index contributed by atoms with van der Waals surface area (Å²) < 4.78 is 0.974. The molecule has 0 bridgehead atoms. The molecule has 2 rings (SSSR count). The Morgan fingerprint density at radius 1 is 1.19 bits per heavy atom. The Morgan fingerprint density at radius 3 is 2.52 bits per heavy atom. The summed E-state index contributed by atoms with van der Waals surface area (Å²) in [5.41, 5.74) is 2.02. The molecule has 0 fully saturated rings. The van der Waals surface area contributed by atoms with Crippen LogP contribution in [0.4, 0.5) is 11.5 Å². The van der Waals surface area contributed by atoms with Crippen LogP contribution in [0.3, 0.4) is 0 Å². The van der Waals surface area contributed by atoms with Crippen molar-refractivity contribution in [2.45, 2.75) is 26.8 Å². The van der Waals surface area contributed by atoms with Crippen LogP contribution in [0, 0.1) is 6.92 Å². The number of anilines is 2. The van der Waals surface area contributed by atoms with E-state index >= 15 is 0 Å². The van der Waals surface area contributed by atoms with Gasteiger partial charge in [0.2, 0.25) is 0 Å². The number of nitrogens with one attached hydrogen (secondary N) is 2. The average molecular weight is 349 g/mol. The minimum Gasteiger partial charge on any atom is -0.366 e. The molecule has 1 aromatic heterocycles. The first kappa shape index (κ1) is 15.4. The molecule has 0 atom stereocenters. The molecule has 0 unspecified atom stereocenters. The fourth-order valence-electron chi connectivity index (χ4n) is 1.78. The highest BCUT2D eigenvalue weighted by Gasteiger charge is 2.10. The molecule has 21 heavy (non-hydrogen) atoms. The summed E-state index contributed by atoms with van der Waals surface area (Å²) in [7, 11) is 0. The van der Waals surface area contributed by atoms with Gasteiger partial charge in [-0.2, -0.15) is 0 Å². The standard InChI is InChI=1S/C15H17BrN4O/c1-9(2)17-14-7-6-13(19-20-14)15(21)18-12-5-4-11(16)8-10(12)3/h4-9H,1-3H3,(H,17,20)(H,18,21). The minimum atomic E-state index is -0.274. The molecule has 0 radical (unpaired) electrons. The van der Waals surface area contributed by atoms with E-state index in [1.54, 1.807) is 12.1 Å². The van der Waals surface area contributed by atoms with Crippen molar-refractivity contribution in [3.05, 3.63) is 46.1 Å². The van der Waals surface area contributed by atoms with Crippen LogP contribution in [0.25, 0.3) is 0 Å². The Morgan fingerprint density at radius 2 is 1.95 bits per heavy atom. The summed E-state index contributed by atoms with van der Waals surface area (Å²) in [6.45, 7) is 5.96. The average Bonchev–Trinajstić information content (AvgIpc) is 2.42. The zero-order valence-electron chi connectivity index (χ0n) is 12.1. The van der Waals surface area contributed by atoms with Gasteiger partial charge < -0.3 is 10.6 Å². The van der Waals surface area contributed by atoms with Gasteiger partial charge in [-0.25, -0.2) is 0 Å². The van der Waals surface area contributed by atoms with Crippen molar-refractivity contribution in [1.82, 2.24) is 10.2 Å². The maximum absolute atomic E-state index is 12.1. The number of halogens is 1. The first-order valence-corrected chi connectivity index (χ1v) is 7.43. The number of hydrogen-bond acceptors (Lipinski definition) is 4. The number of amides is 1. The van der Waals surface area contributed by atoms with Gasteiger partial charge in [0, 0.05) is 16.2 Å². The van der Waals surface area contributed by atoms with E-state index in [4.69, 9.17) is 0 Å². The van der Waals surface area contributed by atoms with Gasteiger partial charge in [-0.15, -0.1) is 10.2 Å². The smallest absolute Gasteiger partial charge is 0.276 e. The first-order chi connectivity index (χ1) is 9.95. The maximum Gasteiger partial charge on any atom is 0.276 e. The van der Waals surface area contributed by atoms with Crippen molar-refractivity contribution in [3.63, 3.8) is 0 Å². The zero-order chi connectivity index (χ0) is 15.4. The van der Waals surface area contributed by atoms with Crippen molar-refractivity contribution < 1.29 is 4.79 Å². The monoisotopic (exact) mass is 348 g/mol. The van der Waals surface area contributed by atoms with Crippen LogP contribution in [-0.4, -0.2) is 22.1 Å². The van der Waals surface area contributed by atoms with Gasteiger partial charge in [0.1, 0.15) is 5.82 Å². The van der Waals surface area contributed by atoms with E-state index in [1.807, 2.05) is 39.0 Å². The second-order valence-electron chi connectivity index (χ2n) is 5.02. The van der Waals surface area contributed by atoms with Gasteiger partial charge in [0.05, 0.1) is 0 Å². The fourth-order valence-corrected chi connectivity index (χ4v) is 2.26. The molecule has 0 spiro atoms. The second kappa shape index (κ2) is 6.67. The Bertz CT molecular complexity index is 641. The van der Waals surface area contributed by atoms with Gasteiger partial charge in [0.15, 0.2) is 5.69 Å². The predicted octanol–water partition coefficient (Wildman–Crippen LogP) is 3.62. The minimum absolute atomic E-state index is 0.268. The van der Waals surface area contributed by atoms with Crippen LogP contribution in [-0.2, 0) is 0 Å². The summed E-state index contributed by atoms with van der Waals surface area (Å²) in [5.74, 6) is 0.380. The van der Waals surface area contributed by atoms with Crippen LogP contribution in [0.2, 0.25) is 0 Å². The number of hydrogen-bond donors (Lipinski definition) is 2. The lowest BCUT2D eigenvalue weighted by molar-refractivity contribution is 0.102. The Hall–Kier alpha value is -1.95. The van der Waals surface area contributed by atoms with Gasteiger partial charge in [-0.1, -0.05) is 15.9 Å². The second-order valence-corrected chi connectivity index (χ2v) is 5.93. The lowest BCUT2D eigenvalue weighted by atomic mass is 10.2. The lowest BCUT2D eigenvalue weighted by Crippen LogP contribution is -2.16. The summed E-state index contributed by atoms with van der Waals surface area (Å²) in [6.07, 6.45) is 0. The van der Waals surface area contributed by atoms with Crippen LogP contribution in [0.15, 0.2) is 34.8 Å². The van der Waals surface area contributed by atoms with Crippen molar-refractivity contribution in [2.24, 2.45) is 0 Å². The largest absolute Gasteiger partial charge is 0.366 e. The zero-order valence-corrected chi connectivity index (χ0v) is 13.7. The van der Waals surface area contributed by atoms with E-state index in [0.29, 0.717) is 5.82 Å². The molecular formula is C15H17BrN4O. The molecule has 0 aliphatic carbocycles. The van der Waals surface area contributed by atoms with E-state index < -0.39 is 0 Å². The van der Waals surface area contributed by atoms with Crippen molar-refractivity contribution in [2.75, 3.05) is 10.6 Å². The highest BCUT2D eigenvalue weighted by atomic mass is 79.9. The highest BCUT2D eigenvalue weighted by molar-refractivity contribution is 9.10. The summed E-state index contributed by atoms with van der Waals surface area (Å²) in [5, 5.41) is 13.9. The third-order valence-electron chi connectivity index (χ3n) is 2.77. The van der Waals surface area contributed by atoms with Crippen molar-refractivity contribution in [3.8, 4) is 0 Å². The third-order valence-corrected chi connectivity index (χ3v) is 3.26. The summed E-state index contributed by atoms with van der Waals surface area (Å²) in [4.78, 5) is 12.1. The molecule has 1 amide bonds. The number of aryl methyl sites for hydroxylation is 1. The molecule has 0 saturated heterocycles. The van der Waals surface area contributed by atoms with Crippen LogP contribution in [0.5, 0.6) is 0 Å². The van der Waals surface area contributed by atoms with Crippen molar-refractivity contribution >= 4 is 33.3 Å². The SMILES string of the molecule is Cc1cc(Br)ccc1NC(=O)c1ccc(NC(C)C)nn1. The van der Waals surface area contributed by atoms with Crippen LogP contribution < -0.4 is 10.6 Å². The van der Waals surface area contributed by atoms with E-state index in [2.05, 4.69) is 36.8 Å². The molecule has 5 nitrogen and oxygen atoms in total. The number of aromatic nitrogens is 2. The molecule has 110 valence electrons. The summed E-state index contributed by atoms with van der Waals surface area (Å²) in [6, 6.07) is 9.34. The molecule has 0 saturated carbocycles. The highest BCUT2D eigenvalue weighted by Crippen LogP contribution is 2.20. The molecule has 2 aromatic rings. The van der Waals surface area contributed by atoms with E-state index in [0.717, 1.165) is 15.7 Å². The third kappa shape index (κ3) is 4.26. The molecule has 1 heterocycles. The predicted molar refractivity (Wildman–Crippen MR) is 87.6 cm³/mol. The van der Waals surface area contributed by atoms with Gasteiger partial charge >= 0.3 is 0 Å². The van der Waals surface area contributed by atoms with Crippen LogP contribution in [0.1, 0.15) is 29.9 Å². The Kier molecular flexibility index (Phi) is 4.90. The lowest BCUT2D eigenvalue weighted by Gasteiger charge is -2.10. The number of carbonyl (C=O) groups is 1. The van der Waals surface area contributed by atoms with Gasteiger partial charge in [0.25, 0.3) is 5.91 Å². The number of benzene rings is 1. The molecular weight excluding hydrogens is 332 g/mol. The summed E-state index contributed by atoms with van der Waals surface area (Å²) >= 11 is 3.39. The molecule has 6 heteroatoms. The maximum atomic E-state index is 12.1. The molecule has 2 N–H and O–H groups in total. The van der Waals surface area contributed by atoms with Gasteiger partial charge in [-0.3, -0.25) is 4.79 Å². The number of rotatable bonds is 4. The van der Waals surface area contributed by atoms with E-state index in [-0.39, 0.29) is 17.6 Å². The quantitative estimate of drug-likeness (QED) is 0.885. The first-order valence-electron chi connectivity index (χ1n) is 6.63. The Labute approximate surface area is 132 Å². The molecule has 1 aromatic carbocycles.